The van der Waals surface area contributed by atoms with Crippen molar-refractivity contribution in [1.29, 1.82) is 0 Å². The van der Waals surface area contributed by atoms with Crippen molar-refractivity contribution in [3.8, 4) is 0 Å². The van der Waals surface area contributed by atoms with Crippen LogP contribution in [0.3, 0.4) is 0 Å². The average Bonchev–Trinajstić information content (AvgIpc) is 2.68. The van der Waals surface area contributed by atoms with Gasteiger partial charge in [0.05, 0.1) is 13.2 Å². The van der Waals surface area contributed by atoms with Gasteiger partial charge < -0.3 is 9.47 Å². The van der Waals surface area contributed by atoms with Crippen LogP contribution in [-0.2, 0) is 19.1 Å². The third-order valence-corrected chi connectivity index (χ3v) is 3.50. The molecule has 0 saturated heterocycles. The van der Waals surface area contributed by atoms with Gasteiger partial charge in [-0.3, -0.25) is 9.59 Å². The summed E-state index contributed by atoms with van der Waals surface area (Å²) in [5.41, 5.74) is -0.0103. The van der Waals surface area contributed by atoms with Crippen molar-refractivity contribution < 1.29 is 19.1 Å². The van der Waals surface area contributed by atoms with Gasteiger partial charge in [-0.25, -0.2) is 0 Å². The summed E-state index contributed by atoms with van der Waals surface area (Å²) in [6.07, 6.45) is 2.87. The molecule has 0 aromatic rings. The third kappa shape index (κ3) is 2.57. The van der Waals surface area contributed by atoms with E-state index in [-0.39, 0.29) is 19.1 Å². The van der Waals surface area contributed by atoms with E-state index in [4.69, 9.17) is 9.47 Å². The molecule has 1 aliphatic carbocycles. The zero-order valence-corrected chi connectivity index (χ0v) is 11.6. The van der Waals surface area contributed by atoms with Crippen molar-refractivity contribution >= 4 is 11.9 Å². The van der Waals surface area contributed by atoms with Crippen LogP contribution in [0.25, 0.3) is 0 Å². The molecule has 4 nitrogen and oxygen atoms in total. The molecule has 0 spiro atoms. The van der Waals surface area contributed by atoms with Gasteiger partial charge in [0.25, 0.3) is 0 Å². The summed E-state index contributed by atoms with van der Waals surface area (Å²) >= 11 is 0. The lowest BCUT2D eigenvalue weighted by Gasteiger charge is -2.23. The Hall–Kier alpha value is -1.32. The van der Waals surface area contributed by atoms with E-state index in [1.165, 1.54) is 0 Å². The molecule has 102 valence electrons. The summed E-state index contributed by atoms with van der Waals surface area (Å²) in [5, 5.41) is 0. The van der Waals surface area contributed by atoms with Gasteiger partial charge >= 0.3 is 11.9 Å². The van der Waals surface area contributed by atoms with Gasteiger partial charge in [0.15, 0.2) is 5.41 Å². The minimum atomic E-state index is -1.13. The van der Waals surface area contributed by atoms with Crippen LogP contribution in [0.2, 0.25) is 0 Å². The Balaban J connectivity index is 3.04. The van der Waals surface area contributed by atoms with E-state index in [1.807, 2.05) is 19.9 Å². The van der Waals surface area contributed by atoms with Gasteiger partial charge in [-0.1, -0.05) is 18.6 Å². The van der Waals surface area contributed by atoms with Crippen LogP contribution >= 0.6 is 0 Å². The van der Waals surface area contributed by atoms with Crippen LogP contribution in [-0.4, -0.2) is 25.2 Å². The van der Waals surface area contributed by atoms with Crippen molar-refractivity contribution in [2.24, 2.45) is 11.3 Å². The number of allylic oxidation sites excluding steroid dienone is 2. The smallest absolute Gasteiger partial charge is 0.323 e. The van der Waals surface area contributed by atoms with Crippen LogP contribution in [0.5, 0.6) is 0 Å². The van der Waals surface area contributed by atoms with E-state index in [2.05, 4.69) is 0 Å². The molecule has 1 saturated carbocycles. The van der Waals surface area contributed by atoms with Crippen molar-refractivity contribution in [1.82, 2.24) is 0 Å². The topological polar surface area (TPSA) is 52.6 Å². The minimum absolute atomic E-state index is 0.212. The number of ether oxygens (including phenoxy) is 2. The molecule has 0 heterocycles. The number of esters is 2. The van der Waals surface area contributed by atoms with Gasteiger partial charge in [-0.2, -0.15) is 0 Å². The van der Waals surface area contributed by atoms with Gasteiger partial charge in [-0.15, -0.1) is 0 Å². The first-order valence-electron chi connectivity index (χ1n) is 6.51. The summed E-state index contributed by atoms with van der Waals surface area (Å²) in [4.78, 5) is 24.3. The average molecular weight is 254 g/mol. The lowest BCUT2D eigenvalue weighted by atomic mass is 9.85. The monoisotopic (exact) mass is 254 g/mol. The SMILES string of the molecule is CC=C1CC(C(=O)OCC)(C(=O)OCC)CC1C. The van der Waals surface area contributed by atoms with Crippen molar-refractivity contribution in [2.75, 3.05) is 13.2 Å². The highest BCUT2D eigenvalue weighted by Crippen LogP contribution is 2.47. The number of hydrogen-bond donors (Lipinski definition) is 0. The molecule has 0 aromatic carbocycles. The normalized spacial score (nSPS) is 24.0. The van der Waals surface area contributed by atoms with Crippen LogP contribution < -0.4 is 0 Å². The second-order valence-corrected chi connectivity index (χ2v) is 4.67. The maximum absolute atomic E-state index is 12.1. The quantitative estimate of drug-likeness (QED) is 0.439. The third-order valence-electron chi connectivity index (χ3n) is 3.50. The Morgan fingerprint density at radius 1 is 1.28 bits per heavy atom. The molecule has 0 aromatic heterocycles. The lowest BCUT2D eigenvalue weighted by molar-refractivity contribution is -0.171. The minimum Gasteiger partial charge on any atom is -0.465 e. The molecule has 0 aliphatic heterocycles. The summed E-state index contributed by atoms with van der Waals surface area (Å²) < 4.78 is 10.1. The second-order valence-electron chi connectivity index (χ2n) is 4.67. The van der Waals surface area contributed by atoms with Crippen LogP contribution in [0, 0.1) is 11.3 Å². The molecular formula is C14H22O4. The standard InChI is InChI=1S/C14H22O4/c1-5-11-9-14(8-10(11)4,12(15)17-6-2)13(16)18-7-3/h5,10H,6-9H2,1-4H3. The molecule has 0 N–H and O–H groups in total. The zero-order chi connectivity index (χ0) is 13.8. The van der Waals surface area contributed by atoms with Crippen molar-refractivity contribution in [3.05, 3.63) is 11.6 Å². The highest BCUT2D eigenvalue weighted by atomic mass is 16.6. The first-order valence-corrected chi connectivity index (χ1v) is 6.51. The van der Waals surface area contributed by atoms with Crippen LogP contribution in [0.4, 0.5) is 0 Å². The first-order chi connectivity index (χ1) is 8.51. The molecule has 1 atom stereocenters. The molecule has 1 fully saturated rings. The van der Waals surface area contributed by atoms with E-state index < -0.39 is 17.4 Å². The molecule has 0 bridgehead atoms. The maximum atomic E-state index is 12.1. The molecule has 1 rings (SSSR count). The molecule has 18 heavy (non-hydrogen) atoms. The Bertz CT molecular complexity index is 339. The predicted octanol–water partition coefficient (Wildman–Crippen LogP) is 2.48. The van der Waals surface area contributed by atoms with E-state index in [0.717, 1.165) is 5.57 Å². The van der Waals surface area contributed by atoms with E-state index in [0.29, 0.717) is 12.8 Å². The fraction of sp³-hybridized carbons (Fsp3) is 0.714. The Morgan fingerprint density at radius 3 is 2.11 bits per heavy atom. The fourth-order valence-corrected chi connectivity index (χ4v) is 2.57. The van der Waals surface area contributed by atoms with E-state index in [9.17, 15) is 9.59 Å². The Labute approximate surface area is 108 Å². The lowest BCUT2D eigenvalue weighted by Crippen LogP contribution is -2.40. The van der Waals surface area contributed by atoms with E-state index >= 15 is 0 Å². The van der Waals surface area contributed by atoms with Gasteiger partial charge in [0, 0.05) is 0 Å². The fourth-order valence-electron chi connectivity index (χ4n) is 2.57. The van der Waals surface area contributed by atoms with Gasteiger partial charge in [0.2, 0.25) is 0 Å². The largest absolute Gasteiger partial charge is 0.465 e. The molecule has 1 aliphatic rings. The highest BCUT2D eigenvalue weighted by Gasteiger charge is 2.54. The zero-order valence-electron chi connectivity index (χ0n) is 11.6. The Morgan fingerprint density at radius 2 is 1.78 bits per heavy atom. The van der Waals surface area contributed by atoms with Crippen LogP contribution in [0.15, 0.2) is 11.6 Å². The molecule has 0 amide bonds. The second kappa shape index (κ2) is 6.03. The summed E-state index contributed by atoms with van der Waals surface area (Å²) in [5.74, 6) is -0.692. The number of hydrogen-bond acceptors (Lipinski definition) is 4. The Kier molecular flexibility index (Phi) is 4.93. The molecule has 1 unspecified atom stereocenters. The van der Waals surface area contributed by atoms with Gasteiger partial charge in [0.1, 0.15) is 0 Å². The predicted molar refractivity (Wildman–Crippen MR) is 67.9 cm³/mol. The van der Waals surface area contributed by atoms with Crippen LogP contribution in [0.1, 0.15) is 40.5 Å². The number of carbonyl (C=O) groups is 2. The summed E-state index contributed by atoms with van der Waals surface area (Å²) in [6.45, 7) is 7.99. The molecular weight excluding hydrogens is 232 g/mol. The first kappa shape index (κ1) is 14.7. The van der Waals surface area contributed by atoms with Gasteiger partial charge in [-0.05, 0) is 39.5 Å². The molecule has 4 heteroatoms. The highest BCUT2D eigenvalue weighted by molar-refractivity contribution is 6.01. The van der Waals surface area contributed by atoms with Crippen molar-refractivity contribution in [3.63, 3.8) is 0 Å². The number of carbonyl (C=O) groups excluding carboxylic acids is 2. The molecule has 0 radical (unpaired) electrons. The summed E-state index contributed by atoms with van der Waals surface area (Å²) in [7, 11) is 0. The van der Waals surface area contributed by atoms with Crippen molar-refractivity contribution in [2.45, 2.75) is 40.5 Å². The summed E-state index contributed by atoms with van der Waals surface area (Å²) in [6, 6.07) is 0. The maximum Gasteiger partial charge on any atom is 0.323 e. The number of rotatable bonds is 4. The van der Waals surface area contributed by atoms with E-state index in [1.54, 1.807) is 13.8 Å².